The third kappa shape index (κ3) is 2.57. The topological polar surface area (TPSA) is 96.6 Å². The van der Waals surface area contributed by atoms with Crippen molar-refractivity contribution >= 4 is 28.1 Å². The van der Waals surface area contributed by atoms with Crippen molar-refractivity contribution in [3.8, 4) is 11.3 Å². The van der Waals surface area contributed by atoms with E-state index in [1.165, 1.54) is 23.5 Å². The lowest BCUT2D eigenvalue weighted by molar-refractivity contribution is -0.384. The number of carboxylic acids is 1. The molecule has 130 valence electrons. The summed E-state index contributed by atoms with van der Waals surface area (Å²) in [6, 6.07) is 6.31. The summed E-state index contributed by atoms with van der Waals surface area (Å²) in [5.41, 5.74) is 1.01. The molecule has 2 aliphatic rings. The lowest BCUT2D eigenvalue weighted by Crippen LogP contribution is -2.35. The van der Waals surface area contributed by atoms with Crippen molar-refractivity contribution in [1.29, 1.82) is 0 Å². The summed E-state index contributed by atoms with van der Waals surface area (Å²) in [5.74, 6) is -0.499. The standard InChI is InChI=1S/C17H17N3O4S/c21-15(22)17-7-1-2-12(17)8-19(10-17)16-18-14(9-25-16)11-3-5-13(6-4-11)20(23)24/h3-6,9,12H,1-2,7-8,10H2,(H,21,22)/t12-,17+/m0/s1. The van der Waals surface area contributed by atoms with Crippen LogP contribution < -0.4 is 4.90 Å². The number of nitrogens with zero attached hydrogens (tertiary/aromatic N) is 3. The quantitative estimate of drug-likeness (QED) is 0.664. The van der Waals surface area contributed by atoms with Gasteiger partial charge in [-0.15, -0.1) is 11.3 Å². The molecule has 25 heavy (non-hydrogen) atoms. The lowest BCUT2D eigenvalue weighted by Gasteiger charge is -2.23. The minimum absolute atomic E-state index is 0.0509. The molecule has 7 nitrogen and oxygen atoms in total. The molecule has 2 fully saturated rings. The average molecular weight is 359 g/mol. The Labute approximate surface area is 148 Å². The largest absolute Gasteiger partial charge is 0.481 e. The van der Waals surface area contributed by atoms with Crippen LogP contribution in [-0.4, -0.2) is 34.1 Å². The normalized spacial score (nSPS) is 25.1. The fraction of sp³-hybridized carbons (Fsp3) is 0.412. The Hall–Kier alpha value is -2.48. The van der Waals surface area contributed by atoms with E-state index in [2.05, 4.69) is 9.88 Å². The number of benzene rings is 1. The molecule has 0 radical (unpaired) electrons. The number of fused-ring (bicyclic) bond motifs is 1. The lowest BCUT2D eigenvalue weighted by atomic mass is 9.81. The van der Waals surface area contributed by atoms with E-state index in [9.17, 15) is 20.0 Å². The van der Waals surface area contributed by atoms with Gasteiger partial charge in [-0.25, -0.2) is 4.98 Å². The number of nitro benzene ring substituents is 1. The number of carboxylic acid groups (broad SMARTS) is 1. The third-order valence-corrected chi connectivity index (χ3v) is 6.33. The van der Waals surface area contributed by atoms with Crippen LogP contribution in [0, 0.1) is 21.4 Å². The molecular weight excluding hydrogens is 342 g/mol. The summed E-state index contributed by atoms with van der Waals surface area (Å²) in [7, 11) is 0. The SMILES string of the molecule is O=C(O)[C@@]12CCC[C@H]1CN(c1nc(-c3ccc([N+](=O)[O-])cc3)cs1)C2. The highest BCUT2D eigenvalue weighted by Crippen LogP contribution is 2.50. The van der Waals surface area contributed by atoms with E-state index in [-0.39, 0.29) is 11.6 Å². The van der Waals surface area contributed by atoms with Crippen molar-refractivity contribution in [3.63, 3.8) is 0 Å². The van der Waals surface area contributed by atoms with Crippen LogP contribution in [0.1, 0.15) is 19.3 Å². The Morgan fingerprint density at radius 2 is 2.16 bits per heavy atom. The second kappa shape index (κ2) is 5.80. The number of hydrogen-bond acceptors (Lipinski definition) is 6. The van der Waals surface area contributed by atoms with Crippen LogP contribution in [0.25, 0.3) is 11.3 Å². The molecule has 1 aliphatic heterocycles. The van der Waals surface area contributed by atoms with Crippen LogP contribution in [0.5, 0.6) is 0 Å². The van der Waals surface area contributed by atoms with Gasteiger partial charge in [-0.3, -0.25) is 14.9 Å². The first-order chi connectivity index (χ1) is 12.0. The molecule has 1 aliphatic carbocycles. The molecule has 0 bridgehead atoms. The van der Waals surface area contributed by atoms with E-state index in [1.807, 2.05) is 5.38 Å². The molecule has 0 spiro atoms. The highest BCUT2D eigenvalue weighted by Gasteiger charge is 2.55. The van der Waals surface area contributed by atoms with Gasteiger partial charge in [0.25, 0.3) is 5.69 Å². The molecule has 1 N–H and O–H groups in total. The molecule has 8 heteroatoms. The first-order valence-corrected chi connectivity index (χ1v) is 9.06. The van der Waals surface area contributed by atoms with Gasteiger partial charge in [0.1, 0.15) is 0 Å². The number of nitro groups is 1. The summed E-state index contributed by atoms with van der Waals surface area (Å²) in [6.07, 6.45) is 2.68. The average Bonchev–Trinajstić information content (AvgIpc) is 3.28. The maximum absolute atomic E-state index is 11.8. The number of aliphatic carboxylic acids is 1. The van der Waals surface area contributed by atoms with E-state index >= 15 is 0 Å². The molecule has 4 rings (SSSR count). The van der Waals surface area contributed by atoms with E-state index < -0.39 is 16.3 Å². The van der Waals surface area contributed by atoms with Crippen molar-refractivity contribution in [2.24, 2.45) is 11.3 Å². The van der Waals surface area contributed by atoms with Gasteiger partial charge >= 0.3 is 5.97 Å². The predicted molar refractivity (Wildman–Crippen MR) is 93.8 cm³/mol. The molecule has 2 aromatic rings. The third-order valence-electron chi connectivity index (χ3n) is 5.43. The minimum atomic E-state index is -0.690. The first kappa shape index (κ1) is 16.0. The van der Waals surface area contributed by atoms with Crippen molar-refractivity contribution in [2.45, 2.75) is 19.3 Å². The smallest absolute Gasteiger partial charge is 0.311 e. The van der Waals surface area contributed by atoms with E-state index in [4.69, 9.17) is 0 Å². The Bertz CT molecular complexity index is 835. The molecule has 1 saturated heterocycles. The molecule has 1 aromatic carbocycles. The number of hydrogen-bond donors (Lipinski definition) is 1. The Morgan fingerprint density at radius 3 is 2.80 bits per heavy atom. The van der Waals surface area contributed by atoms with Gasteiger partial charge in [-0.05, 0) is 30.9 Å². The Kier molecular flexibility index (Phi) is 3.72. The van der Waals surface area contributed by atoms with E-state index in [0.29, 0.717) is 6.54 Å². The second-order valence-corrected chi connectivity index (χ2v) is 7.59. The van der Waals surface area contributed by atoms with Crippen LogP contribution in [0.3, 0.4) is 0 Å². The van der Waals surface area contributed by atoms with Crippen molar-refractivity contribution < 1.29 is 14.8 Å². The van der Waals surface area contributed by atoms with E-state index in [0.717, 1.165) is 42.2 Å². The minimum Gasteiger partial charge on any atom is -0.481 e. The zero-order valence-corrected chi connectivity index (χ0v) is 14.2. The van der Waals surface area contributed by atoms with Crippen LogP contribution >= 0.6 is 11.3 Å². The van der Waals surface area contributed by atoms with Crippen LogP contribution in [0.15, 0.2) is 29.6 Å². The molecule has 2 atom stereocenters. The van der Waals surface area contributed by atoms with Gasteiger partial charge in [0.15, 0.2) is 5.13 Å². The number of rotatable bonds is 4. The molecule has 1 aromatic heterocycles. The van der Waals surface area contributed by atoms with Gasteiger partial charge in [-0.2, -0.15) is 0 Å². The van der Waals surface area contributed by atoms with Gasteiger partial charge in [0.2, 0.25) is 0 Å². The first-order valence-electron chi connectivity index (χ1n) is 8.18. The summed E-state index contributed by atoms with van der Waals surface area (Å²) in [4.78, 5) is 28.8. The van der Waals surface area contributed by atoms with Gasteiger partial charge in [-0.1, -0.05) is 6.42 Å². The summed E-state index contributed by atoms with van der Waals surface area (Å²) < 4.78 is 0. The highest BCUT2D eigenvalue weighted by molar-refractivity contribution is 7.14. The predicted octanol–water partition coefficient (Wildman–Crippen LogP) is 3.41. The molecule has 0 unspecified atom stereocenters. The van der Waals surface area contributed by atoms with Gasteiger partial charge < -0.3 is 10.0 Å². The molecule has 2 heterocycles. The maximum Gasteiger partial charge on any atom is 0.311 e. The molecular formula is C17H17N3O4S. The van der Waals surface area contributed by atoms with E-state index in [1.54, 1.807) is 12.1 Å². The fourth-order valence-corrected chi connectivity index (χ4v) is 4.93. The Morgan fingerprint density at radius 1 is 1.40 bits per heavy atom. The van der Waals surface area contributed by atoms with Gasteiger partial charge in [0, 0.05) is 36.2 Å². The number of non-ortho nitro benzene ring substituents is 1. The molecule has 1 saturated carbocycles. The fourth-order valence-electron chi connectivity index (χ4n) is 4.08. The molecule has 0 amide bonds. The van der Waals surface area contributed by atoms with Crippen LogP contribution in [0.2, 0.25) is 0 Å². The van der Waals surface area contributed by atoms with Crippen molar-refractivity contribution in [2.75, 3.05) is 18.0 Å². The van der Waals surface area contributed by atoms with Gasteiger partial charge in [0.05, 0.1) is 16.0 Å². The summed E-state index contributed by atoms with van der Waals surface area (Å²) in [5, 5.41) is 23.2. The monoisotopic (exact) mass is 359 g/mol. The Balaban J connectivity index is 1.56. The number of aromatic nitrogens is 1. The van der Waals surface area contributed by atoms with Crippen LogP contribution in [-0.2, 0) is 4.79 Å². The second-order valence-electron chi connectivity index (χ2n) is 6.75. The number of carbonyl (C=O) groups is 1. The van der Waals surface area contributed by atoms with Crippen molar-refractivity contribution in [1.82, 2.24) is 4.98 Å². The highest BCUT2D eigenvalue weighted by atomic mass is 32.1. The number of thiazole rings is 1. The zero-order chi connectivity index (χ0) is 17.6. The summed E-state index contributed by atoms with van der Waals surface area (Å²) in [6.45, 7) is 1.25. The van der Waals surface area contributed by atoms with Crippen LogP contribution in [0.4, 0.5) is 10.8 Å². The maximum atomic E-state index is 11.8. The summed E-state index contributed by atoms with van der Waals surface area (Å²) >= 11 is 1.49. The van der Waals surface area contributed by atoms with Crippen molar-refractivity contribution in [3.05, 3.63) is 39.8 Å². The number of anilines is 1. The zero-order valence-electron chi connectivity index (χ0n) is 13.4.